The average Bonchev–Trinajstić information content (AvgIpc) is 2.59. The third-order valence-electron chi connectivity index (χ3n) is 3.80. The predicted octanol–water partition coefficient (Wildman–Crippen LogP) is 3.26. The van der Waals surface area contributed by atoms with Crippen molar-refractivity contribution in [2.24, 2.45) is 0 Å². The van der Waals surface area contributed by atoms with Gasteiger partial charge >= 0.3 is 5.69 Å². The molecule has 0 bridgehead atoms. The number of nitro groups is 1. The zero-order valence-corrected chi connectivity index (χ0v) is 14.3. The first-order valence-corrected chi connectivity index (χ1v) is 8.00. The molecule has 0 aliphatic rings. The highest BCUT2D eigenvalue weighted by Crippen LogP contribution is 2.33. The molecule has 2 rings (SSSR count). The molecule has 7 nitrogen and oxygen atoms in total. The van der Waals surface area contributed by atoms with Crippen molar-refractivity contribution in [1.82, 2.24) is 9.97 Å². The summed E-state index contributed by atoms with van der Waals surface area (Å²) in [7, 11) is 3.63. The molecule has 24 heavy (non-hydrogen) atoms. The summed E-state index contributed by atoms with van der Waals surface area (Å²) in [4.78, 5) is 23.2. The monoisotopic (exact) mass is 329 g/mol. The SMILES string of the molecule is CCCCN(C)c1ncnc(N(C)Cc2ccccc2)c1[N+](=O)[O-]. The van der Waals surface area contributed by atoms with Crippen LogP contribution in [0.15, 0.2) is 36.7 Å². The molecule has 0 N–H and O–H groups in total. The van der Waals surface area contributed by atoms with Gasteiger partial charge in [0.1, 0.15) is 6.33 Å². The van der Waals surface area contributed by atoms with E-state index in [1.54, 1.807) is 11.9 Å². The molecule has 0 fully saturated rings. The van der Waals surface area contributed by atoms with Gasteiger partial charge in [-0.1, -0.05) is 43.7 Å². The van der Waals surface area contributed by atoms with E-state index >= 15 is 0 Å². The van der Waals surface area contributed by atoms with E-state index in [1.807, 2.05) is 42.3 Å². The first-order chi connectivity index (χ1) is 11.5. The summed E-state index contributed by atoms with van der Waals surface area (Å²) >= 11 is 0. The zero-order chi connectivity index (χ0) is 17.5. The first kappa shape index (κ1) is 17.7. The van der Waals surface area contributed by atoms with Crippen LogP contribution in [0.4, 0.5) is 17.3 Å². The van der Waals surface area contributed by atoms with Gasteiger partial charge < -0.3 is 9.80 Å². The van der Waals surface area contributed by atoms with Crippen LogP contribution < -0.4 is 9.80 Å². The fourth-order valence-corrected chi connectivity index (χ4v) is 2.52. The summed E-state index contributed by atoms with van der Waals surface area (Å²) in [5.74, 6) is 0.690. The molecular weight excluding hydrogens is 306 g/mol. The van der Waals surface area contributed by atoms with Crippen molar-refractivity contribution < 1.29 is 4.92 Å². The van der Waals surface area contributed by atoms with Crippen LogP contribution in [0.5, 0.6) is 0 Å². The number of nitrogens with zero attached hydrogens (tertiary/aromatic N) is 5. The number of anilines is 2. The quantitative estimate of drug-likeness (QED) is 0.546. The molecule has 0 spiro atoms. The lowest BCUT2D eigenvalue weighted by Crippen LogP contribution is -2.24. The van der Waals surface area contributed by atoms with Crippen LogP contribution >= 0.6 is 0 Å². The number of aromatic nitrogens is 2. The van der Waals surface area contributed by atoms with Crippen LogP contribution in [0.3, 0.4) is 0 Å². The van der Waals surface area contributed by atoms with Crippen LogP contribution in [-0.2, 0) is 6.54 Å². The van der Waals surface area contributed by atoms with Gasteiger partial charge in [0.15, 0.2) is 0 Å². The molecule has 0 aliphatic heterocycles. The van der Waals surface area contributed by atoms with E-state index in [4.69, 9.17) is 0 Å². The molecule has 0 unspecified atom stereocenters. The van der Waals surface area contributed by atoms with E-state index in [2.05, 4.69) is 16.9 Å². The van der Waals surface area contributed by atoms with Gasteiger partial charge in [0.25, 0.3) is 0 Å². The molecule has 1 heterocycles. The van der Waals surface area contributed by atoms with Crippen molar-refractivity contribution in [3.8, 4) is 0 Å². The third kappa shape index (κ3) is 4.18. The summed E-state index contributed by atoms with van der Waals surface area (Å²) in [5, 5.41) is 11.6. The van der Waals surface area contributed by atoms with Gasteiger partial charge in [-0.25, -0.2) is 9.97 Å². The first-order valence-electron chi connectivity index (χ1n) is 8.00. The van der Waals surface area contributed by atoms with Crippen LogP contribution in [0.2, 0.25) is 0 Å². The second kappa shape index (κ2) is 8.24. The van der Waals surface area contributed by atoms with Gasteiger partial charge in [0.2, 0.25) is 11.6 Å². The van der Waals surface area contributed by atoms with Crippen molar-refractivity contribution in [1.29, 1.82) is 0 Å². The summed E-state index contributed by atoms with van der Waals surface area (Å²) in [6.45, 7) is 3.34. The van der Waals surface area contributed by atoms with Gasteiger partial charge in [-0.2, -0.15) is 0 Å². The lowest BCUT2D eigenvalue weighted by molar-refractivity contribution is -0.383. The van der Waals surface area contributed by atoms with Gasteiger partial charge in [-0.3, -0.25) is 10.1 Å². The predicted molar refractivity (Wildman–Crippen MR) is 95.4 cm³/mol. The van der Waals surface area contributed by atoms with Gasteiger partial charge in [0, 0.05) is 27.2 Å². The van der Waals surface area contributed by atoms with Crippen molar-refractivity contribution in [3.05, 3.63) is 52.3 Å². The minimum absolute atomic E-state index is 0.0467. The fraction of sp³-hybridized carbons (Fsp3) is 0.412. The molecule has 0 aliphatic carbocycles. The second-order valence-corrected chi connectivity index (χ2v) is 5.74. The molecular formula is C17H23N5O2. The molecule has 0 saturated heterocycles. The average molecular weight is 329 g/mol. The van der Waals surface area contributed by atoms with Crippen molar-refractivity contribution >= 4 is 17.3 Å². The van der Waals surface area contributed by atoms with Gasteiger partial charge in [-0.05, 0) is 12.0 Å². The van der Waals surface area contributed by atoms with E-state index in [9.17, 15) is 10.1 Å². The molecule has 2 aromatic rings. The highest BCUT2D eigenvalue weighted by molar-refractivity contribution is 5.70. The Labute approximate surface area is 142 Å². The molecule has 128 valence electrons. The lowest BCUT2D eigenvalue weighted by Gasteiger charge is -2.22. The van der Waals surface area contributed by atoms with Crippen LogP contribution in [0, 0.1) is 10.1 Å². The lowest BCUT2D eigenvalue weighted by atomic mass is 10.2. The van der Waals surface area contributed by atoms with E-state index in [0.717, 1.165) is 24.9 Å². The van der Waals surface area contributed by atoms with E-state index in [-0.39, 0.29) is 5.69 Å². The maximum Gasteiger partial charge on any atom is 0.353 e. The molecule has 1 aromatic heterocycles. The third-order valence-corrected chi connectivity index (χ3v) is 3.80. The van der Waals surface area contributed by atoms with Gasteiger partial charge in [-0.15, -0.1) is 0 Å². The molecule has 0 radical (unpaired) electrons. The standard InChI is InChI=1S/C17H23N5O2/c1-4-5-11-20(2)16-15(22(23)24)17(19-13-18-16)21(3)12-14-9-7-6-8-10-14/h6-10,13H,4-5,11-12H2,1-3H3. The summed E-state index contributed by atoms with van der Waals surface area (Å²) in [6, 6.07) is 9.80. The van der Waals surface area contributed by atoms with Crippen LogP contribution in [0.25, 0.3) is 0 Å². The highest BCUT2D eigenvalue weighted by Gasteiger charge is 2.27. The fourth-order valence-electron chi connectivity index (χ4n) is 2.52. The van der Waals surface area contributed by atoms with E-state index in [0.29, 0.717) is 18.2 Å². The number of hydrogen-bond acceptors (Lipinski definition) is 6. The Balaban J connectivity index is 2.33. The largest absolute Gasteiger partial charge is 0.354 e. The van der Waals surface area contributed by atoms with Crippen molar-refractivity contribution in [2.45, 2.75) is 26.3 Å². The molecule has 7 heteroatoms. The Morgan fingerprint density at radius 1 is 1.08 bits per heavy atom. The van der Waals surface area contributed by atoms with Crippen molar-refractivity contribution in [3.63, 3.8) is 0 Å². The second-order valence-electron chi connectivity index (χ2n) is 5.74. The van der Waals surface area contributed by atoms with E-state index in [1.165, 1.54) is 6.33 Å². The Morgan fingerprint density at radius 3 is 2.29 bits per heavy atom. The van der Waals surface area contributed by atoms with Crippen LogP contribution in [0.1, 0.15) is 25.3 Å². The Hall–Kier alpha value is -2.70. The number of hydrogen-bond donors (Lipinski definition) is 0. The van der Waals surface area contributed by atoms with Gasteiger partial charge in [0.05, 0.1) is 4.92 Å². The number of unbranched alkanes of at least 4 members (excludes halogenated alkanes) is 1. The van der Waals surface area contributed by atoms with Crippen molar-refractivity contribution in [2.75, 3.05) is 30.4 Å². The highest BCUT2D eigenvalue weighted by atomic mass is 16.6. The summed E-state index contributed by atoms with van der Waals surface area (Å²) in [6.07, 6.45) is 3.36. The maximum absolute atomic E-state index is 11.6. The zero-order valence-electron chi connectivity index (χ0n) is 14.3. The topological polar surface area (TPSA) is 75.4 Å². The summed E-state index contributed by atoms with van der Waals surface area (Å²) in [5.41, 5.74) is 1.02. The number of benzene rings is 1. The van der Waals surface area contributed by atoms with Crippen LogP contribution in [-0.4, -0.2) is 35.5 Å². The number of rotatable bonds is 8. The minimum atomic E-state index is -0.394. The molecule has 0 saturated carbocycles. The summed E-state index contributed by atoms with van der Waals surface area (Å²) < 4.78 is 0. The smallest absolute Gasteiger partial charge is 0.353 e. The Bertz CT molecular complexity index is 678. The maximum atomic E-state index is 11.6. The van der Waals surface area contributed by atoms with E-state index < -0.39 is 4.92 Å². The normalized spacial score (nSPS) is 10.5. The molecule has 1 aromatic carbocycles. The molecule has 0 amide bonds. The molecule has 0 atom stereocenters. The Morgan fingerprint density at radius 2 is 1.71 bits per heavy atom. The Kier molecular flexibility index (Phi) is 6.06. The minimum Gasteiger partial charge on any atom is -0.354 e.